The summed E-state index contributed by atoms with van der Waals surface area (Å²) in [6.45, 7) is -1.30. The van der Waals surface area contributed by atoms with Crippen LogP contribution in [0.25, 0.3) is 0 Å². The molecule has 0 aromatic carbocycles. The van der Waals surface area contributed by atoms with Crippen molar-refractivity contribution in [1.82, 2.24) is 10.6 Å². The van der Waals surface area contributed by atoms with Crippen LogP contribution in [0.15, 0.2) is 0 Å². The van der Waals surface area contributed by atoms with Crippen LogP contribution in [-0.2, 0) is 4.79 Å². The Morgan fingerprint density at radius 2 is 2.12 bits per heavy atom. The number of carbonyl (C=O) groups excluding carboxylic acids is 1. The fourth-order valence-corrected chi connectivity index (χ4v) is 2.63. The van der Waals surface area contributed by atoms with E-state index in [-0.39, 0.29) is 12.6 Å². The number of rotatable bonds is 5. The van der Waals surface area contributed by atoms with Crippen LogP contribution >= 0.6 is 11.8 Å². The molecule has 1 amide bonds. The molecule has 1 saturated carbocycles. The zero-order valence-electron chi connectivity index (χ0n) is 9.64. The van der Waals surface area contributed by atoms with Crippen LogP contribution in [-0.4, -0.2) is 42.7 Å². The second-order valence-corrected chi connectivity index (χ2v) is 5.28. The van der Waals surface area contributed by atoms with Gasteiger partial charge in [0.1, 0.15) is 6.54 Å². The van der Waals surface area contributed by atoms with E-state index in [0.29, 0.717) is 5.25 Å². The van der Waals surface area contributed by atoms with Gasteiger partial charge in [-0.2, -0.15) is 24.9 Å². The van der Waals surface area contributed by atoms with Crippen molar-refractivity contribution in [2.24, 2.45) is 0 Å². The molecule has 2 unspecified atom stereocenters. The fourth-order valence-electron chi connectivity index (χ4n) is 1.84. The molecule has 100 valence electrons. The van der Waals surface area contributed by atoms with Crippen molar-refractivity contribution in [2.45, 2.75) is 36.7 Å². The summed E-state index contributed by atoms with van der Waals surface area (Å²) in [4.78, 5) is 11.1. The summed E-state index contributed by atoms with van der Waals surface area (Å²) in [6.07, 6.45) is 0.769. The topological polar surface area (TPSA) is 41.1 Å². The summed E-state index contributed by atoms with van der Waals surface area (Å²) in [7, 11) is 0. The average Bonchev–Trinajstić information content (AvgIpc) is 2.70. The molecular weight excluding hydrogens is 253 g/mol. The Morgan fingerprint density at radius 3 is 2.65 bits per heavy atom. The van der Waals surface area contributed by atoms with E-state index in [4.69, 9.17) is 0 Å². The third kappa shape index (κ3) is 6.16. The quantitative estimate of drug-likeness (QED) is 0.796. The SMILES string of the molecule is CSC1CCC(NCC(=O)NCC(F)(F)F)C1. The number of nitrogens with one attached hydrogen (secondary N) is 2. The van der Waals surface area contributed by atoms with Gasteiger partial charge in [-0.3, -0.25) is 4.79 Å². The molecule has 1 aliphatic rings. The first-order chi connectivity index (χ1) is 7.90. The number of hydrogen-bond donors (Lipinski definition) is 2. The van der Waals surface area contributed by atoms with Crippen molar-refractivity contribution < 1.29 is 18.0 Å². The highest BCUT2D eigenvalue weighted by Gasteiger charge is 2.28. The zero-order chi connectivity index (χ0) is 12.9. The van der Waals surface area contributed by atoms with Gasteiger partial charge in [0.15, 0.2) is 0 Å². The van der Waals surface area contributed by atoms with Gasteiger partial charge < -0.3 is 10.6 Å². The lowest BCUT2D eigenvalue weighted by atomic mass is 10.2. The van der Waals surface area contributed by atoms with Gasteiger partial charge in [0.2, 0.25) is 5.91 Å². The standard InChI is InChI=1S/C10H17F3N2OS/c1-17-8-3-2-7(4-8)14-5-9(16)15-6-10(11,12)13/h7-8,14H,2-6H2,1H3,(H,15,16). The first-order valence-corrected chi connectivity index (χ1v) is 6.79. The number of halogens is 3. The van der Waals surface area contributed by atoms with E-state index in [1.54, 1.807) is 11.8 Å². The average molecular weight is 270 g/mol. The first kappa shape index (κ1) is 14.6. The maximum absolute atomic E-state index is 11.8. The van der Waals surface area contributed by atoms with Crippen LogP contribution in [0.5, 0.6) is 0 Å². The molecule has 0 radical (unpaired) electrons. The van der Waals surface area contributed by atoms with Crippen LogP contribution in [0.1, 0.15) is 19.3 Å². The van der Waals surface area contributed by atoms with Crippen LogP contribution in [0.3, 0.4) is 0 Å². The third-order valence-electron chi connectivity index (χ3n) is 2.76. The van der Waals surface area contributed by atoms with E-state index >= 15 is 0 Å². The molecule has 1 aliphatic carbocycles. The van der Waals surface area contributed by atoms with E-state index in [9.17, 15) is 18.0 Å². The van der Waals surface area contributed by atoms with Crippen molar-refractivity contribution in [2.75, 3.05) is 19.3 Å². The largest absolute Gasteiger partial charge is 0.405 e. The van der Waals surface area contributed by atoms with E-state index in [0.717, 1.165) is 19.3 Å². The van der Waals surface area contributed by atoms with Crippen molar-refractivity contribution in [1.29, 1.82) is 0 Å². The molecule has 0 aromatic heterocycles. The van der Waals surface area contributed by atoms with Gasteiger partial charge in [0.05, 0.1) is 6.54 Å². The Labute approximate surface area is 103 Å². The Kier molecular flexibility index (Phi) is 5.58. The van der Waals surface area contributed by atoms with Gasteiger partial charge in [-0.25, -0.2) is 0 Å². The predicted molar refractivity (Wildman–Crippen MR) is 62.0 cm³/mol. The van der Waals surface area contributed by atoms with E-state index in [1.807, 2.05) is 11.6 Å². The minimum absolute atomic E-state index is 0.0398. The summed E-state index contributed by atoms with van der Waals surface area (Å²) in [5.74, 6) is -0.602. The Morgan fingerprint density at radius 1 is 1.41 bits per heavy atom. The number of hydrogen-bond acceptors (Lipinski definition) is 3. The molecule has 0 heterocycles. The van der Waals surface area contributed by atoms with E-state index in [1.165, 1.54) is 0 Å². The van der Waals surface area contributed by atoms with Crippen molar-refractivity contribution >= 4 is 17.7 Å². The maximum atomic E-state index is 11.8. The Bertz CT molecular complexity index is 260. The molecule has 0 aliphatic heterocycles. The molecule has 0 saturated heterocycles. The smallest absolute Gasteiger partial charge is 0.346 e. The second-order valence-electron chi connectivity index (χ2n) is 4.14. The van der Waals surface area contributed by atoms with Crippen LogP contribution in [0.2, 0.25) is 0 Å². The molecule has 0 aromatic rings. The highest BCUT2D eigenvalue weighted by atomic mass is 32.2. The molecular formula is C10H17F3N2OS. The molecule has 0 spiro atoms. The highest BCUT2D eigenvalue weighted by molar-refractivity contribution is 7.99. The van der Waals surface area contributed by atoms with Crippen molar-refractivity contribution in [3.05, 3.63) is 0 Å². The molecule has 3 nitrogen and oxygen atoms in total. The molecule has 1 fully saturated rings. The molecule has 1 rings (SSSR count). The van der Waals surface area contributed by atoms with Crippen molar-refractivity contribution in [3.8, 4) is 0 Å². The number of amides is 1. The summed E-state index contributed by atoms with van der Waals surface area (Å²) >= 11 is 1.79. The monoisotopic (exact) mass is 270 g/mol. The van der Waals surface area contributed by atoms with Gasteiger partial charge >= 0.3 is 6.18 Å². The number of carbonyl (C=O) groups is 1. The Balaban J connectivity index is 2.12. The minimum Gasteiger partial charge on any atom is -0.346 e. The van der Waals surface area contributed by atoms with Crippen LogP contribution in [0, 0.1) is 0 Å². The number of thioether (sulfide) groups is 1. The van der Waals surface area contributed by atoms with Crippen molar-refractivity contribution in [3.63, 3.8) is 0 Å². The van der Waals surface area contributed by atoms with E-state index < -0.39 is 18.6 Å². The Hall–Kier alpha value is -0.430. The summed E-state index contributed by atoms with van der Waals surface area (Å²) < 4.78 is 35.4. The van der Waals surface area contributed by atoms with Gasteiger partial charge in [-0.05, 0) is 25.5 Å². The lowest BCUT2D eigenvalue weighted by Crippen LogP contribution is -2.41. The summed E-state index contributed by atoms with van der Waals surface area (Å²) in [5, 5.41) is 5.43. The minimum atomic E-state index is -4.34. The summed E-state index contributed by atoms with van der Waals surface area (Å²) in [6, 6.07) is 0.254. The lowest BCUT2D eigenvalue weighted by Gasteiger charge is -2.13. The van der Waals surface area contributed by atoms with Gasteiger partial charge in [-0.1, -0.05) is 0 Å². The van der Waals surface area contributed by atoms with Crippen LogP contribution in [0.4, 0.5) is 13.2 Å². The normalized spacial score (nSPS) is 24.9. The van der Waals surface area contributed by atoms with Crippen LogP contribution < -0.4 is 10.6 Å². The second kappa shape index (κ2) is 6.49. The van der Waals surface area contributed by atoms with Gasteiger partial charge in [-0.15, -0.1) is 0 Å². The zero-order valence-corrected chi connectivity index (χ0v) is 10.5. The van der Waals surface area contributed by atoms with Gasteiger partial charge in [0, 0.05) is 11.3 Å². The van der Waals surface area contributed by atoms with E-state index in [2.05, 4.69) is 5.32 Å². The molecule has 7 heteroatoms. The molecule has 2 N–H and O–H groups in total. The predicted octanol–water partition coefficient (Wildman–Crippen LogP) is 1.54. The summed E-state index contributed by atoms with van der Waals surface area (Å²) in [5.41, 5.74) is 0. The molecule has 0 bridgehead atoms. The molecule has 17 heavy (non-hydrogen) atoms. The fraction of sp³-hybridized carbons (Fsp3) is 0.900. The highest BCUT2D eigenvalue weighted by Crippen LogP contribution is 2.27. The first-order valence-electron chi connectivity index (χ1n) is 5.50. The molecule has 2 atom stereocenters. The lowest BCUT2D eigenvalue weighted by molar-refractivity contribution is -0.137. The maximum Gasteiger partial charge on any atom is 0.405 e. The number of alkyl halides is 3. The van der Waals surface area contributed by atoms with Gasteiger partial charge in [0.25, 0.3) is 0 Å². The third-order valence-corrected chi connectivity index (χ3v) is 3.85.